The largest absolute Gasteiger partial charge is 0.385 e. The molecule has 1 unspecified atom stereocenters. The minimum Gasteiger partial charge on any atom is -0.385 e. The summed E-state index contributed by atoms with van der Waals surface area (Å²) in [6.07, 6.45) is 2.34. The Morgan fingerprint density at radius 3 is 3.12 bits per heavy atom. The fourth-order valence-corrected chi connectivity index (χ4v) is 2.11. The molecule has 0 bridgehead atoms. The quantitative estimate of drug-likeness (QED) is 0.605. The summed E-state index contributed by atoms with van der Waals surface area (Å²) in [5.74, 6) is 0.737. The third-order valence-electron chi connectivity index (χ3n) is 3.10. The molecular weight excluding hydrogens is 218 g/mol. The van der Waals surface area contributed by atoms with E-state index in [2.05, 4.69) is 10.6 Å². The maximum atomic E-state index is 10.6. The van der Waals surface area contributed by atoms with Crippen molar-refractivity contribution in [2.45, 2.75) is 12.8 Å². The molecule has 92 valence electrons. The van der Waals surface area contributed by atoms with Gasteiger partial charge in [-0.1, -0.05) is 6.07 Å². The van der Waals surface area contributed by atoms with Crippen LogP contribution in [-0.4, -0.2) is 24.6 Å². The number of anilines is 1. The Labute approximate surface area is 100 Å². The zero-order chi connectivity index (χ0) is 12.1. The maximum Gasteiger partial charge on any atom is 0.271 e. The van der Waals surface area contributed by atoms with Gasteiger partial charge in [0.1, 0.15) is 0 Å². The van der Waals surface area contributed by atoms with Gasteiger partial charge in [-0.05, 0) is 37.9 Å². The molecule has 5 nitrogen and oxygen atoms in total. The van der Waals surface area contributed by atoms with Gasteiger partial charge >= 0.3 is 0 Å². The van der Waals surface area contributed by atoms with E-state index >= 15 is 0 Å². The SMILES string of the molecule is O=[N+]([O-])c1cccc(NCCC2CCNC2)c1. The fourth-order valence-electron chi connectivity index (χ4n) is 2.11. The first kappa shape index (κ1) is 11.9. The van der Waals surface area contributed by atoms with E-state index < -0.39 is 0 Å². The van der Waals surface area contributed by atoms with Gasteiger partial charge in [-0.25, -0.2) is 0 Å². The Kier molecular flexibility index (Phi) is 3.93. The molecule has 2 rings (SSSR count). The van der Waals surface area contributed by atoms with Crippen LogP contribution in [0.4, 0.5) is 11.4 Å². The Morgan fingerprint density at radius 2 is 2.41 bits per heavy atom. The molecular formula is C12H17N3O2. The monoisotopic (exact) mass is 235 g/mol. The Morgan fingerprint density at radius 1 is 1.53 bits per heavy atom. The van der Waals surface area contributed by atoms with E-state index in [0.29, 0.717) is 0 Å². The van der Waals surface area contributed by atoms with Gasteiger partial charge in [0, 0.05) is 24.4 Å². The van der Waals surface area contributed by atoms with Crippen molar-refractivity contribution in [3.05, 3.63) is 34.4 Å². The molecule has 0 saturated carbocycles. The first-order valence-electron chi connectivity index (χ1n) is 5.95. The second-order valence-electron chi connectivity index (χ2n) is 4.38. The highest BCUT2D eigenvalue weighted by Crippen LogP contribution is 2.18. The van der Waals surface area contributed by atoms with E-state index in [1.807, 2.05) is 6.07 Å². The number of rotatable bonds is 5. The van der Waals surface area contributed by atoms with Gasteiger partial charge < -0.3 is 10.6 Å². The molecule has 1 fully saturated rings. The molecule has 1 heterocycles. The van der Waals surface area contributed by atoms with Gasteiger partial charge in [0.2, 0.25) is 0 Å². The lowest BCUT2D eigenvalue weighted by Crippen LogP contribution is -2.12. The summed E-state index contributed by atoms with van der Waals surface area (Å²) in [5, 5.41) is 17.2. The number of nitrogens with zero attached hydrogens (tertiary/aromatic N) is 1. The lowest BCUT2D eigenvalue weighted by Gasteiger charge is -2.10. The van der Waals surface area contributed by atoms with Gasteiger partial charge in [-0.2, -0.15) is 0 Å². The number of benzene rings is 1. The summed E-state index contributed by atoms with van der Waals surface area (Å²) in [7, 11) is 0. The van der Waals surface area contributed by atoms with E-state index in [1.165, 1.54) is 12.5 Å². The summed E-state index contributed by atoms with van der Waals surface area (Å²) in [6, 6.07) is 6.65. The summed E-state index contributed by atoms with van der Waals surface area (Å²) in [4.78, 5) is 10.2. The first-order valence-corrected chi connectivity index (χ1v) is 5.95. The van der Waals surface area contributed by atoms with Crippen molar-refractivity contribution in [1.82, 2.24) is 5.32 Å². The Balaban J connectivity index is 1.81. The van der Waals surface area contributed by atoms with Crippen molar-refractivity contribution >= 4 is 11.4 Å². The molecule has 17 heavy (non-hydrogen) atoms. The van der Waals surface area contributed by atoms with E-state index in [0.717, 1.165) is 37.7 Å². The minimum atomic E-state index is -0.369. The van der Waals surface area contributed by atoms with Crippen LogP contribution >= 0.6 is 0 Å². The first-order chi connectivity index (χ1) is 8.25. The van der Waals surface area contributed by atoms with E-state index in [1.54, 1.807) is 12.1 Å². The zero-order valence-corrected chi connectivity index (χ0v) is 9.69. The van der Waals surface area contributed by atoms with Gasteiger partial charge in [0.05, 0.1) is 4.92 Å². The number of nitrogens with one attached hydrogen (secondary N) is 2. The van der Waals surface area contributed by atoms with Crippen molar-refractivity contribution in [2.75, 3.05) is 25.0 Å². The van der Waals surface area contributed by atoms with Crippen molar-refractivity contribution in [3.63, 3.8) is 0 Å². The molecule has 1 aromatic rings. The van der Waals surface area contributed by atoms with Crippen molar-refractivity contribution in [3.8, 4) is 0 Å². The predicted molar refractivity (Wildman–Crippen MR) is 67.2 cm³/mol. The zero-order valence-electron chi connectivity index (χ0n) is 9.69. The molecule has 1 aliphatic rings. The van der Waals surface area contributed by atoms with Crippen molar-refractivity contribution < 1.29 is 4.92 Å². The molecule has 0 amide bonds. The average Bonchev–Trinajstić information content (AvgIpc) is 2.82. The highest BCUT2D eigenvalue weighted by molar-refractivity contribution is 5.50. The summed E-state index contributed by atoms with van der Waals surface area (Å²) in [6.45, 7) is 3.08. The molecule has 2 N–H and O–H groups in total. The van der Waals surface area contributed by atoms with E-state index in [-0.39, 0.29) is 10.6 Å². The smallest absolute Gasteiger partial charge is 0.271 e. The molecule has 1 aliphatic heterocycles. The topological polar surface area (TPSA) is 67.2 Å². The van der Waals surface area contributed by atoms with Crippen LogP contribution in [-0.2, 0) is 0 Å². The molecule has 0 aliphatic carbocycles. The normalized spacial score (nSPS) is 19.2. The molecule has 1 aromatic carbocycles. The van der Waals surface area contributed by atoms with Crippen LogP contribution in [0, 0.1) is 16.0 Å². The second kappa shape index (κ2) is 5.63. The van der Waals surface area contributed by atoms with Crippen LogP contribution in [0.1, 0.15) is 12.8 Å². The lowest BCUT2D eigenvalue weighted by atomic mass is 10.1. The number of hydrogen-bond acceptors (Lipinski definition) is 4. The summed E-state index contributed by atoms with van der Waals surface area (Å²) in [5.41, 5.74) is 0.961. The van der Waals surface area contributed by atoms with Crippen LogP contribution in [0.2, 0.25) is 0 Å². The summed E-state index contributed by atoms with van der Waals surface area (Å²) >= 11 is 0. The lowest BCUT2D eigenvalue weighted by molar-refractivity contribution is -0.384. The third kappa shape index (κ3) is 3.42. The highest BCUT2D eigenvalue weighted by Gasteiger charge is 2.13. The number of nitro benzene ring substituents is 1. The second-order valence-corrected chi connectivity index (χ2v) is 4.38. The number of nitro groups is 1. The standard InChI is InChI=1S/C12H17N3O2/c16-15(17)12-3-1-2-11(8-12)14-7-5-10-4-6-13-9-10/h1-3,8,10,13-14H,4-7,9H2. The molecule has 5 heteroatoms. The highest BCUT2D eigenvalue weighted by atomic mass is 16.6. The average molecular weight is 235 g/mol. The number of non-ortho nitro benzene ring substituents is 1. The molecule has 1 atom stereocenters. The molecule has 0 spiro atoms. The van der Waals surface area contributed by atoms with Crippen LogP contribution in [0.15, 0.2) is 24.3 Å². The predicted octanol–water partition coefficient (Wildman–Crippen LogP) is 2.01. The van der Waals surface area contributed by atoms with Gasteiger partial charge in [-0.3, -0.25) is 10.1 Å². The third-order valence-corrected chi connectivity index (χ3v) is 3.10. The minimum absolute atomic E-state index is 0.137. The van der Waals surface area contributed by atoms with Crippen molar-refractivity contribution in [2.24, 2.45) is 5.92 Å². The van der Waals surface area contributed by atoms with Crippen LogP contribution in [0.25, 0.3) is 0 Å². The van der Waals surface area contributed by atoms with E-state index in [9.17, 15) is 10.1 Å². The Bertz CT molecular complexity index is 389. The molecule has 0 radical (unpaired) electrons. The van der Waals surface area contributed by atoms with Gasteiger partial charge in [0.15, 0.2) is 0 Å². The van der Waals surface area contributed by atoms with Crippen LogP contribution in [0.5, 0.6) is 0 Å². The summed E-state index contributed by atoms with van der Waals surface area (Å²) < 4.78 is 0. The van der Waals surface area contributed by atoms with Gasteiger partial charge in [0.25, 0.3) is 5.69 Å². The number of hydrogen-bond donors (Lipinski definition) is 2. The van der Waals surface area contributed by atoms with Gasteiger partial charge in [-0.15, -0.1) is 0 Å². The van der Waals surface area contributed by atoms with Crippen molar-refractivity contribution in [1.29, 1.82) is 0 Å². The maximum absolute atomic E-state index is 10.6. The van der Waals surface area contributed by atoms with Crippen LogP contribution < -0.4 is 10.6 Å². The van der Waals surface area contributed by atoms with E-state index in [4.69, 9.17) is 0 Å². The Hall–Kier alpha value is -1.62. The van der Waals surface area contributed by atoms with Crippen LogP contribution in [0.3, 0.4) is 0 Å². The molecule has 1 saturated heterocycles. The molecule has 0 aromatic heterocycles. The fraction of sp³-hybridized carbons (Fsp3) is 0.500.